The van der Waals surface area contributed by atoms with E-state index >= 15 is 0 Å². The lowest BCUT2D eigenvalue weighted by atomic mass is 10.0. The number of ether oxygens (including phenoxy) is 2. The molecule has 5 heteroatoms. The first-order chi connectivity index (χ1) is 9.78. The summed E-state index contributed by atoms with van der Waals surface area (Å²) in [7, 11) is 3.29. The SMILES string of the molecule is CCCc1nc2[nH]ncc2c2cc(OC)c(OC)cc12. The van der Waals surface area contributed by atoms with E-state index < -0.39 is 0 Å². The normalized spacial score (nSPS) is 11.2. The van der Waals surface area contributed by atoms with Gasteiger partial charge in [0.1, 0.15) is 0 Å². The number of benzene rings is 1. The Labute approximate surface area is 116 Å². The van der Waals surface area contributed by atoms with E-state index in [-0.39, 0.29) is 0 Å². The predicted molar refractivity (Wildman–Crippen MR) is 78.5 cm³/mol. The van der Waals surface area contributed by atoms with Crippen LogP contribution in [0.4, 0.5) is 0 Å². The highest BCUT2D eigenvalue weighted by Crippen LogP contribution is 2.36. The Morgan fingerprint density at radius 2 is 1.75 bits per heavy atom. The second-order valence-corrected chi connectivity index (χ2v) is 4.69. The zero-order chi connectivity index (χ0) is 14.1. The monoisotopic (exact) mass is 271 g/mol. The Hall–Kier alpha value is -2.30. The molecular formula is C15H17N3O2. The molecular weight excluding hydrogens is 254 g/mol. The van der Waals surface area contributed by atoms with Crippen LogP contribution in [-0.2, 0) is 6.42 Å². The average Bonchev–Trinajstić information content (AvgIpc) is 2.94. The van der Waals surface area contributed by atoms with Crippen LogP contribution in [0.3, 0.4) is 0 Å². The van der Waals surface area contributed by atoms with Crippen molar-refractivity contribution in [2.24, 2.45) is 0 Å². The number of aromatic amines is 1. The summed E-state index contributed by atoms with van der Waals surface area (Å²) < 4.78 is 10.8. The van der Waals surface area contributed by atoms with Crippen molar-refractivity contribution in [2.45, 2.75) is 19.8 Å². The molecule has 1 aromatic carbocycles. The Balaban J connectivity index is 2.41. The van der Waals surface area contributed by atoms with E-state index in [1.807, 2.05) is 12.1 Å². The van der Waals surface area contributed by atoms with Gasteiger partial charge in [0.15, 0.2) is 17.1 Å². The van der Waals surface area contributed by atoms with Crippen molar-refractivity contribution in [3.63, 3.8) is 0 Å². The number of aromatic nitrogens is 3. The predicted octanol–water partition coefficient (Wildman–Crippen LogP) is 3.08. The van der Waals surface area contributed by atoms with E-state index in [1.165, 1.54) is 0 Å². The summed E-state index contributed by atoms with van der Waals surface area (Å²) in [4.78, 5) is 4.67. The summed E-state index contributed by atoms with van der Waals surface area (Å²) in [5.74, 6) is 1.44. The van der Waals surface area contributed by atoms with E-state index in [4.69, 9.17) is 9.47 Å². The highest BCUT2D eigenvalue weighted by atomic mass is 16.5. The van der Waals surface area contributed by atoms with Gasteiger partial charge in [0.05, 0.1) is 26.1 Å². The molecule has 3 rings (SSSR count). The molecule has 2 heterocycles. The topological polar surface area (TPSA) is 60.0 Å². The van der Waals surface area contributed by atoms with Crippen LogP contribution >= 0.6 is 0 Å². The van der Waals surface area contributed by atoms with Crippen LogP contribution in [0.2, 0.25) is 0 Å². The van der Waals surface area contributed by atoms with Gasteiger partial charge in [-0.05, 0) is 18.6 Å². The Kier molecular flexibility index (Phi) is 3.18. The fraction of sp³-hybridized carbons (Fsp3) is 0.333. The van der Waals surface area contributed by atoms with E-state index in [9.17, 15) is 0 Å². The third kappa shape index (κ3) is 1.86. The summed E-state index contributed by atoms with van der Waals surface area (Å²) in [6, 6.07) is 3.99. The molecule has 104 valence electrons. The number of hydrogen-bond acceptors (Lipinski definition) is 4. The molecule has 0 unspecified atom stereocenters. The first-order valence-corrected chi connectivity index (χ1v) is 6.66. The van der Waals surface area contributed by atoms with Crippen molar-refractivity contribution in [3.8, 4) is 11.5 Å². The Morgan fingerprint density at radius 1 is 1.05 bits per heavy atom. The fourth-order valence-electron chi connectivity index (χ4n) is 2.52. The lowest BCUT2D eigenvalue weighted by molar-refractivity contribution is 0.356. The van der Waals surface area contributed by atoms with Crippen molar-refractivity contribution in [2.75, 3.05) is 14.2 Å². The molecule has 0 fully saturated rings. The maximum absolute atomic E-state index is 5.39. The summed E-state index contributed by atoms with van der Waals surface area (Å²) in [6.45, 7) is 2.14. The number of nitrogens with zero attached hydrogens (tertiary/aromatic N) is 2. The van der Waals surface area contributed by atoms with E-state index in [2.05, 4.69) is 22.1 Å². The number of H-pyrrole nitrogens is 1. The number of hydrogen-bond donors (Lipinski definition) is 1. The average molecular weight is 271 g/mol. The zero-order valence-corrected chi connectivity index (χ0v) is 11.9. The maximum Gasteiger partial charge on any atom is 0.161 e. The molecule has 1 N–H and O–H groups in total. The maximum atomic E-state index is 5.39. The molecule has 0 radical (unpaired) electrons. The first kappa shape index (κ1) is 12.7. The highest BCUT2D eigenvalue weighted by molar-refractivity contribution is 6.06. The van der Waals surface area contributed by atoms with Gasteiger partial charge in [0, 0.05) is 16.2 Å². The molecule has 5 nitrogen and oxygen atoms in total. The molecule has 3 aromatic rings. The third-order valence-corrected chi connectivity index (χ3v) is 3.48. The molecule has 0 saturated carbocycles. The van der Waals surface area contributed by atoms with Crippen LogP contribution in [0.1, 0.15) is 19.0 Å². The van der Waals surface area contributed by atoms with Crippen molar-refractivity contribution in [3.05, 3.63) is 24.0 Å². The van der Waals surface area contributed by atoms with Gasteiger partial charge in [-0.15, -0.1) is 0 Å². The molecule has 0 aliphatic carbocycles. The van der Waals surface area contributed by atoms with E-state index in [0.29, 0.717) is 0 Å². The van der Waals surface area contributed by atoms with Crippen LogP contribution in [0.15, 0.2) is 18.3 Å². The highest BCUT2D eigenvalue weighted by Gasteiger charge is 2.14. The minimum atomic E-state index is 0.719. The summed E-state index contributed by atoms with van der Waals surface area (Å²) in [5.41, 5.74) is 1.87. The summed E-state index contributed by atoms with van der Waals surface area (Å²) in [5, 5.41) is 10.2. The molecule has 0 saturated heterocycles. The Morgan fingerprint density at radius 3 is 2.40 bits per heavy atom. The lowest BCUT2D eigenvalue weighted by Crippen LogP contribution is -1.96. The molecule has 20 heavy (non-hydrogen) atoms. The van der Waals surface area contributed by atoms with Crippen LogP contribution < -0.4 is 9.47 Å². The minimum Gasteiger partial charge on any atom is -0.493 e. The number of rotatable bonds is 4. The molecule has 0 spiro atoms. The Bertz CT molecular complexity index is 764. The minimum absolute atomic E-state index is 0.719. The van der Waals surface area contributed by atoms with Gasteiger partial charge >= 0.3 is 0 Å². The standard InChI is InChI=1S/C15H17N3O2/c1-4-5-12-10-7-14(20-3)13(19-2)6-9(10)11-8-16-18-15(11)17-12/h6-8H,4-5H2,1-3H3,(H,16,17,18). The van der Waals surface area contributed by atoms with Gasteiger partial charge in [-0.25, -0.2) is 4.98 Å². The largest absolute Gasteiger partial charge is 0.493 e. The molecule has 0 amide bonds. The van der Waals surface area contributed by atoms with Crippen molar-refractivity contribution in [1.82, 2.24) is 15.2 Å². The first-order valence-electron chi connectivity index (χ1n) is 6.66. The van der Waals surface area contributed by atoms with Gasteiger partial charge in [0.2, 0.25) is 0 Å². The number of aryl methyl sites for hydroxylation is 1. The fourth-order valence-corrected chi connectivity index (χ4v) is 2.52. The van der Waals surface area contributed by atoms with Crippen LogP contribution in [-0.4, -0.2) is 29.4 Å². The molecule has 0 aliphatic heterocycles. The summed E-state index contributed by atoms with van der Waals surface area (Å²) >= 11 is 0. The van der Waals surface area contributed by atoms with Gasteiger partial charge < -0.3 is 9.47 Å². The summed E-state index contributed by atoms with van der Waals surface area (Å²) in [6.07, 6.45) is 3.75. The number of fused-ring (bicyclic) bond motifs is 3. The van der Waals surface area contributed by atoms with Gasteiger partial charge in [-0.3, -0.25) is 5.10 Å². The van der Waals surface area contributed by atoms with Gasteiger partial charge in [-0.1, -0.05) is 13.3 Å². The number of methoxy groups -OCH3 is 2. The quantitative estimate of drug-likeness (QED) is 0.792. The third-order valence-electron chi connectivity index (χ3n) is 3.48. The zero-order valence-electron chi connectivity index (χ0n) is 11.9. The second kappa shape index (κ2) is 5.00. The second-order valence-electron chi connectivity index (χ2n) is 4.69. The lowest BCUT2D eigenvalue weighted by Gasteiger charge is -2.12. The number of nitrogens with one attached hydrogen (secondary N) is 1. The van der Waals surface area contributed by atoms with E-state index in [1.54, 1.807) is 20.4 Å². The smallest absolute Gasteiger partial charge is 0.161 e. The van der Waals surface area contributed by atoms with Crippen molar-refractivity contribution in [1.29, 1.82) is 0 Å². The van der Waals surface area contributed by atoms with Gasteiger partial charge in [-0.2, -0.15) is 5.10 Å². The van der Waals surface area contributed by atoms with Gasteiger partial charge in [0.25, 0.3) is 0 Å². The van der Waals surface area contributed by atoms with Crippen LogP contribution in [0.5, 0.6) is 11.5 Å². The van der Waals surface area contributed by atoms with Crippen molar-refractivity contribution >= 4 is 21.8 Å². The molecule has 2 aromatic heterocycles. The van der Waals surface area contributed by atoms with Crippen LogP contribution in [0, 0.1) is 0 Å². The van der Waals surface area contributed by atoms with Crippen molar-refractivity contribution < 1.29 is 9.47 Å². The molecule has 0 bridgehead atoms. The molecule has 0 atom stereocenters. The number of pyridine rings is 1. The van der Waals surface area contributed by atoms with E-state index in [0.717, 1.165) is 51.8 Å². The van der Waals surface area contributed by atoms with Crippen LogP contribution in [0.25, 0.3) is 21.8 Å². The molecule has 0 aliphatic rings.